The van der Waals surface area contributed by atoms with Crippen LogP contribution in [0.15, 0.2) is 24.5 Å². The Hall–Kier alpha value is -1.09. The lowest BCUT2D eigenvalue weighted by Gasteiger charge is -2.26. The van der Waals surface area contributed by atoms with Crippen LogP contribution in [0.1, 0.15) is 37.8 Å². The highest BCUT2D eigenvalue weighted by Crippen LogP contribution is 2.32. The zero-order chi connectivity index (χ0) is 12.3. The first kappa shape index (κ1) is 12.4. The number of hydrogen-bond donors (Lipinski definition) is 0. The second-order valence-electron chi connectivity index (χ2n) is 4.35. The molecule has 2 heterocycles. The van der Waals surface area contributed by atoms with Gasteiger partial charge >= 0.3 is 0 Å². The van der Waals surface area contributed by atoms with Crippen LogP contribution in [0.3, 0.4) is 0 Å². The summed E-state index contributed by atoms with van der Waals surface area (Å²) in [6.07, 6.45) is 6.31. The van der Waals surface area contributed by atoms with Crippen molar-refractivity contribution >= 4 is 17.5 Å². The number of pyridine rings is 1. The lowest BCUT2D eigenvalue weighted by atomic mass is 10.1. The Balaban J connectivity index is 2.15. The lowest BCUT2D eigenvalue weighted by Crippen LogP contribution is -2.36. The van der Waals surface area contributed by atoms with Crippen molar-refractivity contribution in [3.63, 3.8) is 0 Å². The van der Waals surface area contributed by atoms with Crippen LogP contribution in [0.2, 0.25) is 0 Å². The quantitative estimate of drug-likeness (QED) is 0.775. The number of rotatable bonds is 3. The molecule has 0 aromatic carbocycles. The maximum absolute atomic E-state index is 12.1. The first-order valence-corrected chi connectivity index (χ1v) is 6.52. The van der Waals surface area contributed by atoms with E-state index in [9.17, 15) is 4.79 Å². The number of carbonyl (C=O) groups is 1. The van der Waals surface area contributed by atoms with Crippen molar-refractivity contribution in [3.8, 4) is 0 Å². The van der Waals surface area contributed by atoms with E-state index in [0.29, 0.717) is 6.42 Å². The highest BCUT2D eigenvalue weighted by Gasteiger charge is 2.32. The molecule has 0 saturated carbocycles. The summed E-state index contributed by atoms with van der Waals surface area (Å²) < 4.78 is 0. The predicted molar refractivity (Wildman–Crippen MR) is 67.9 cm³/mol. The van der Waals surface area contributed by atoms with Crippen LogP contribution >= 0.6 is 11.6 Å². The van der Waals surface area contributed by atoms with Crippen LogP contribution in [0.25, 0.3) is 0 Å². The fourth-order valence-corrected chi connectivity index (χ4v) is 2.43. The van der Waals surface area contributed by atoms with Gasteiger partial charge in [0.05, 0.1) is 6.04 Å². The number of likely N-dealkylation sites (tertiary alicyclic amines) is 1. The van der Waals surface area contributed by atoms with Crippen LogP contribution < -0.4 is 0 Å². The molecule has 4 heteroatoms. The van der Waals surface area contributed by atoms with Gasteiger partial charge in [-0.1, -0.05) is 13.0 Å². The number of amides is 1. The summed E-state index contributed by atoms with van der Waals surface area (Å²) >= 11 is 6.04. The van der Waals surface area contributed by atoms with Gasteiger partial charge in [-0.25, -0.2) is 0 Å². The molecule has 1 aromatic rings. The molecule has 1 amide bonds. The third-order valence-electron chi connectivity index (χ3n) is 3.23. The summed E-state index contributed by atoms with van der Waals surface area (Å²) in [7, 11) is 0. The average Bonchev–Trinajstić information content (AvgIpc) is 2.87. The minimum atomic E-state index is -0.396. The van der Waals surface area contributed by atoms with Gasteiger partial charge < -0.3 is 4.90 Å². The molecular formula is C13H17ClN2O. The Morgan fingerprint density at radius 1 is 1.71 bits per heavy atom. The molecule has 1 aliphatic rings. The first-order valence-electron chi connectivity index (χ1n) is 6.08. The van der Waals surface area contributed by atoms with E-state index in [4.69, 9.17) is 11.6 Å². The van der Waals surface area contributed by atoms with Crippen molar-refractivity contribution in [3.05, 3.63) is 30.1 Å². The van der Waals surface area contributed by atoms with Gasteiger partial charge in [-0.3, -0.25) is 9.78 Å². The van der Waals surface area contributed by atoms with Crippen molar-refractivity contribution in [1.82, 2.24) is 9.88 Å². The van der Waals surface area contributed by atoms with Gasteiger partial charge in [-0.2, -0.15) is 0 Å². The van der Waals surface area contributed by atoms with E-state index in [2.05, 4.69) is 4.98 Å². The van der Waals surface area contributed by atoms with E-state index in [1.54, 1.807) is 6.20 Å². The summed E-state index contributed by atoms with van der Waals surface area (Å²) in [5.41, 5.74) is 1.11. The monoisotopic (exact) mass is 252 g/mol. The van der Waals surface area contributed by atoms with Gasteiger partial charge in [0.1, 0.15) is 5.38 Å². The minimum absolute atomic E-state index is 0.0560. The topological polar surface area (TPSA) is 33.2 Å². The largest absolute Gasteiger partial charge is 0.334 e. The molecule has 0 aliphatic carbocycles. The van der Waals surface area contributed by atoms with E-state index in [1.807, 2.05) is 30.2 Å². The highest BCUT2D eigenvalue weighted by molar-refractivity contribution is 6.30. The standard InChI is InChI=1S/C13H17ClN2O/c1-2-11(14)13(17)16-8-4-6-12(16)10-5-3-7-15-9-10/h3,5,7,9,11-12H,2,4,6,8H2,1H3/t11-,12-/m1/s1. The first-order chi connectivity index (χ1) is 8.24. The van der Waals surface area contributed by atoms with Gasteiger partial charge in [0.25, 0.3) is 0 Å². The lowest BCUT2D eigenvalue weighted by molar-refractivity contribution is -0.131. The molecule has 0 bridgehead atoms. The molecule has 0 radical (unpaired) electrons. The number of alkyl halides is 1. The summed E-state index contributed by atoms with van der Waals surface area (Å²) in [6, 6.07) is 4.09. The molecule has 1 fully saturated rings. The zero-order valence-electron chi connectivity index (χ0n) is 9.97. The van der Waals surface area contributed by atoms with E-state index in [-0.39, 0.29) is 11.9 Å². The average molecular weight is 253 g/mol. The molecule has 1 aromatic heterocycles. The van der Waals surface area contributed by atoms with Gasteiger partial charge in [0, 0.05) is 18.9 Å². The third kappa shape index (κ3) is 2.60. The van der Waals surface area contributed by atoms with E-state index < -0.39 is 5.38 Å². The Bertz CT molecular complexity index is 382. The molecule has 0 unspecified atom stereocenters. The van der Waals surface area contributed by atoms with Crippen LogP contribution in [-0.4, -0.2) is 27.7 Å². The minimum Gasteiger partial charge on any atom is -0.334 e. The van der Waals surface area contributed by atoms with Crippen LogP contribution in [0.5, 0.6) is 0 Å². The van der Waals surface area contributed by atoms with Crippen LogP contribution in [0, 0.1) is 0 Å². The smallest absolute Gasteiger partial charge is 0.241 e. The van der Waals surface area contributed by atoms with Gasteiger partial charge in [-0.05, 0) is 30.9 Å². The van der Waals surface area contributed by atoms with Gasteiger partial charge in [0.15, 0.2) is 0 Å². The van der Waals surface area contributed by atoms with Crippen molar-refractivity contribution < 1.29 is 4.79 Å². The third-order valence-corrected chi connectivity index (χ3v) is 3.73. The maximum Gasteiger partial charge on any atom is 0.241 e. The Kier molecular flexibility index (Phi) is 4.00. The second-order valence-corrected chi connectivity index (χ2v) is 4.88. The summed E-state index contributed by atoms with van der Waals surface area (Å²) in [5.74, 6) is 0.0560. The van der Waals surface area contributed by atoms with Gasteiger partial charge in [0.2, 0.25) is 5.91 Å². The molecule has 2 rings (SSSR count). The fraction of sp³-hybridized carbons (Fsp3) is 0.538. The number of hydrogen-bond acceptors (Lipinski definition) is 2. The molecule has 1 saturated heterocycles. The number of nitrogens with zero attached hydrogens (tertiary/aromatic N) is 2. The second kappa shape index (κ2) is 5.50. The number of aromatic nitrogens is 1. The van der Waals surface area contributed by atoms with Crippen molar-refractivity contribution in [2.75, 3.05) is 6.54 Å². The van der Waals surface area contributed by atoms with Crippen molar-refractivity contribution in [1.29, 1.82) is 0 Å². The highest BCUT2D eigenvalue weighted by atomic mass is 35.5. The molecule has 0 N–H and O–H groups in total. The molecular weight excluding hydrogens is 236 g/mol. The van der Waals surface area contributed by atoms with E-state index in [0.717, 1.165) is 24.9 Å². The summed E-state index contributed by atoms with van der Waals surface area (Å²) in [6.45, 7) is 2.74. The van der Waals surface area contributed by atoms with Crippen molar-refractivity contribution in [2.24, 2.45) is 0 Å². The zero-order valence-corrected chi connectivity index (χ0v) is 10.7. The van der Waals surface area contributed by atoms with Crippen molar-refractivity contribution in [2.45, 2.75) is 37.6 Å². The number of halogens is 1. The Morgan fingerprint density at radius 2 is 2.53 bits per heavy atom. The summed E-state index contributed by atoms with van der Waals surface area (Å²) in [4.78, 5) is 18.2. The molecule has 1 aliphatic heterocycles. The predicted octanol–water partition coefficient (Wildman–Crippen LogP) is 2.76. The molecule has 2 atom stereocenters. The Morgan fingerprint density at radius 3 is 3.18 bits per heavy atom. The van der Waals surface area contributed by atoms with Crippen LogP contribution in [-0.2, 0) is 4.79 Å². The normalized spacial score (nSPS) is 21.5. The molecule has 92 valence electrons. The molecule has 17 heavy (non-hydrogen) atoms. The SMILES string of the molecule is CC[C@@H](Cl)C(=O)N1CCC[C@@H]1c1cccnc1. The van der Waals surface area contributed by atoms with Crippen LogP contribution in [0.4, 0.5) is 0 Å². The summed E-state index contributed by atoms with van der Waals surface area (Å²) in [5, 5.41) is -0.396. The molecule has 3 nitrogen and oxygen atoms in total. The molecule has 0 spiro atoms. The Labute approximate surface area is 107 Å². The maximum atomic E-state index is 12.1. The van der Waals surface area contributed by atoms with Gasteiger partial charge in [-0.15, -0.1) is 11.6 Å². The number of carbonyl (C=O) groups excluding carboxylic acids is 1. The van der Waals surface area contributed by atoms with E-state index in [1.165, 1.54) is 0 Å². The van der Waals surface area contributed by atoms with E-state index >= 15 is 0 Å². The fourth-order valence-electron chi connectivity index (χ4n) is 2.30.